The van der Waals surface area contributed by atoms with Gasteiger partial charge in [0.25, 0.3) is 5.91 Å². The molecule has 1 amide bonds. The first-order valence-corrected chi connectivity index (χ1v) is 9.34. The summed E-state index contributed by atoms with van der Waals surface area (Å²) in [5, 5.41) is 22.9. The predicted octanol–water partition coefficient (Wildman–Crippen LogP) is 2.46. The highest BCUT2D eigenvalue weighted by atomic mass is 16.1. The summed E-state index contributed by atoms with van der Waals surface area (Å²) >= 11 is 0. The van der Waals surface area contributed by atoms with Crippen LogP contribution in [-0.4, -0.2) is 47.3 Å². The van der Waals surface area contributed by atoms with E-state index in [1.807, 2.05) is 45.0 Å². The monoisotopic (exact) mass is 391 g/mol. The van der Waals surface area contributed by atoms with E-state index in [-0.39, 0.29) is 11.9 Å². The zero-order chi connectivity index (χ0) is 20.4. The lowest BCUT2D eigenvalue weighted by Gasteiger charge is -2.09. The zero-order valence-corrected chi connectivity index (χ0v) is 16.4. The third-order valence-corrected chi connectivity index (χ3v) is 4.31. The van der Waals surface area contributed by atoms with Gasteiger partial charge < -0.3 is 10.6 Å². The molecule has 0 bridgehead atoms. The van der Waals surface area contributed by atoms with E-state index in [1.54, 1.807) is 21.6 Å². The van der Waals surface area contributed by atoms with Crippen molar-refractivity contribution in [2.24, 2.45) is 0 Å². The van der Waals surface area contributed by atoms with Crippen molar-refractivity contribution < 1.29 is 4.79 Å². The highest BCUT2D eigenvalue weighted by Gasteiger charge is 2.16. The number of anilines is 2. The number of fused-ring (bicyclic) bond motifs is 1. The van der Waals surface area contributed by atoms with E-state index in [4.69, 9.17) is 0 Å². The third-order valence-electron chi connectivity index (χ3n) is 4.31. The molecule has 0 aliphatic rings. The Hall–Kier alpha value is -3.82. The lowest BCUT2D eigenvalue weighted by Crippen LogP contribution is -2.22. The smallest absolute Gasteiger partial charge is 0.253 e. The molecule has 0 aliphatic carbocycles. The molecule has 0 fully saturated rings. The number of carbonyl (C=O) groups is 1. The number of rotatable bonds is 6. The van der Waals surface area contributed by atoms with Gasteiger partial charge in [-0.05, 0) is 44.2 Å². The Balaban J connectivity index is 1.68. The summed E-state index contributed by atoms with van der Waals surface area (Å²) in [6, 6.07) is 9.49. The maximum atomic E-state index is 12.4. The van der Waals surface area contributed by atoms with Crippen LogP contribution in [0.5, 0.6) is 0 Å². The molecule has 3 aromatic heterocycles. The van der Waals surface area contributed by atoms with Crippen LogP contribution in [0.1, 0.15) is 37.2 Å². The van der Waals surface area contributed by atoms with Crippen LogP contribution in [0.2, 0.25) is 0 Å². The van der Waals surface area contributed by atoms with Crippen LogP contribution in [0.15, 0.2) is 42.9 Å². The second-order valence-corrected chi connectivity index (χ2v) is 6.72. The van der Waals surface area contributed by atoms with Gasteiger partial charge in [-0.3, -0.25) is 4.79 Å². The molecular weight excluding hydrogens is 370 g/mol. The van der Waals surface area contributed by atoms with Crippen molar-refractivity contribution in [2.75, 3.05) is 11.9 Å². The molecule has 2 N–H and O–H groups in total. The number of tetrazole rings is 1. The number of hydrogen-bond donors (Lipinski definition) is 2. The SMILES string of the molecule is CCNC(=O)c1ccn2ncnc(Nc3cccc(-c4nnn(C(C)C)n4)c3)c12. The zero-order valence-electron chi connectivity index (χ0n) is 16.4. The highest BCUT2D eigenvalue weighted by molar-refractivity contribution is 6.04. The number of amides is 1. The fourth-order valence-electron chi connectivity index (χ4n) is 2.92. The Morgan fingerprint density at radius 2 is 2.10 bits per heavy atom. The third kappa shape index (κ3) is 3.64. The summed E-state index contributed by atoms with van der Waals surface area (Å²) in [4.78, 5) is 18.3. The van der Waals surface area contributed by atoms with Crippen LogP contribution in [0, 0.1) is 0 Å². The quantitative estimate of drug-likeness (QED) is 0.519. The largest absolute Gasteiger partial charge is 0.352 e. The molecule has 0 saturated heterocycles. The van der Waals surface area contributed by atoms with Crippen LogP contribution >= 0.6 is 0 Å². The molecule has 1 aromatic carbocycles. The molecule has 3 heterocycles. The van der Waals surface area contributed by atoms with Crippen molar-refractivity contribution in [1.82, 2.24) is 40.1 Å². The summed E-state index contributed by atoms with van der Waals surface area (Å²) < 4.78 is 1.62. The molecule has 0 spiro atoms. The number of benzene rings is 1. The van der Waals surface area contributed by atoms with Crippen molar-refractivity contribution in [2.45, 2.75) is 26.8 Å². The fourth-order valence-corrected chi connectivity index (χ4v) is 2.92. The van der Waals surface area contributed by atoms with Crippen molar-refractivity contribution in [1.29, 1.82) is 0 Å². The van der Waals surface area contributed by atoms with E-state index < -0.39 is 0 Å². The summed E-state index contributed by atoms with van der Waals surface area (Å²) in [6.07, 6.45) is 3.17. The minimum absolute atomic E-state index is 0.133. The molecule has 4 aromatic rings. The number of nitrogens with one attached hydrogen (secondary N) is 2. The molecule has 0 radical (unpaired) electrons. The van der Waals surface area contributed by atoms with E-state index in [0.717, 1.165) is 11.3 Å². The van der Waals surface area contributed by atoms with Gasteiger partial charge in [0, 0.05) is 24.0 Å². The fraction of sp³-hybridized carbons (Fsp3) is 0.263. The lowest BCUT2D eigenvalue weighted by molar-refractivity contribution is 0.0957. The van der Waals surface area contributed by atoms with Gasteiger partial charge in [-0.15, -0.1) is 10.2 Å². The number of nitrogens with zero attached hydrogens (tertiary/aromatic N) is 7. The minimum Gasteiger partial charge on any atom is -0.352 e. The first-order chi connectivity index (χ1) is 14.1. The predicted molar refractivity (Wildman–Crippen MR) is 108 cm³/mol. The van der Waals surface area contributed by atoms with E-state index in [0.29, 0.717) is 29.3 Å². The number of carbonyl (C=O) groups excluding carboxylic acids is 1. The summed E-state index contributed by atoms with van der Waals surface area (Å²) in [6.45, 7) is 6.40. The van der Waals surface area contributed by atoms with Crippen molar-refractivity contribution in [3.63, 3.8) is 0 Å². The van der Waals surface area contributed by atoms with Crippen molar-refractivity contribution >= 4 is 22.9 Å². The van der Waals surface area contributed by atoms with Crippen LogP contribution in [-0.2, 0) is 0 Å². The molecule has 148 valence electrons. The topological polar surface area (TPSA) is 115 Å². The maximum absolute atomic E-state index is 12.4. The van der Waals surface area contributed by atoms with E-state index in [1.165, 1.54) is 6.33 Å². The van der Waals surface area contributed by atoms with Crippen molar-refractivity contribution in [3.8, 4) is 11.4 Å². The van der Waals surface area contributed by atoms with E-state index >= 15 is 0 Å². The van der Waals surface area contributed by atoms with Crippen LogP contribution in [0.3, 0.4) is 0 Å². The summed E-state index contributed by atoms with van der Waals surface area (Å²) in [5.74, 6) is 0.902. The normalized spacial score (nSPS) is 11.2. The molecule has 10 heteroatoms. The van der Waals surface area contributed by atoms with Gasteiger partial charge in [0.15, 0.2) is 5.82 Å². The molecule has 10 nitrogen and oxygen atoms in total. The molecule has 29 heavy (non-hydrogen) atoms. The molecule has 0 aliphatic heterocycles. The lowest BCUT2D eigenvalue weighted by atomic mass is 10.2. The Morgan fingerprint density at radius 1 is 1.24 bits per heavy atom. The Morgan fingerprint density at radius 3 is 2.86 bits per heavy atom. The Kier molecular flexibility index (Phi) is 4.90. The highest BCUT2D eigenvalue weighted by Crippen LogP contribution is 2.25. The molecule has 0 saturated carbocycles. The van der Waals surface area contributed by atoms with E-state index in [9.17, 15) is 4.79 Å². The van der Waals surface area contributed by atoms with Gasteiger partial charge in [0.05, 0.1) is 11.6 Å². The minimum atomic E-state index is -0.170. The van der Waals surface area contributed by atoms with Crippen LogP contribution in [0.4, 0.5) is 11.5 Å². The second-order valence-electron chi connectivity index (χ2n) is 6.72. The van der Waals surface area contributed by atoms with Gasteiger partial charge in [-0.2, -0.15) is 9.90 Å². The number of aromatic nitrogens is 7. The average Bonchev–Trinajstić information content (AvgIpc) is 3.37. The maximum Gasteiger partial charge on any atom is 0.253 e. The van der Waals surface area contributed by atoms with Gasteiger partial charge >= 0.3 is 0 Å². The van der Waals surface area contributed by atoms with Gasteiger partial charge in [0.2, 0.25) is 5.82 Å². The van der Waals surface area contributed by atoms with Gasteiger partial charge in [0.1, 0.15) is 11.8 Å². The van der Waals surface area contributed by atoms with Gasteiger partial charge in [-0.1, -0.05) is 12.1 Å². The second kappa shape index (κ2) is 7.66. The first-order valence-electron chi connectivity index (χ1n) is 9.34. The number of hydrogen-bond acceptors (Lipinski definition) is 7. The van der Waals surface area contributed by atoms with Crippen LogP contribution in [0.25, 0.3) is 16.9 Å². The van der Waals surface area contributed by atoms with E-state index in [2.05, 4.69) is 36.1 Å². The molecule has 0 atom stereocenters. The molecule has 4 rings (SSSR count). The van der Waals surface area contributed by atoms with Crippen molar-refractivity contribution in [3.05, 3.63) is 48.4 Å². The molecular formula is C19H21N9O. The van der Waals surface area contributed by atoms with Crippen LogP contribution < -0.4 is 10.6 Å². The Labute approximate surface area is 167 Å². The molecule has 0 unspecified atom stereocenters. The summed E-state index contributed by atoms with van der Waals surface area (Å²) in [5.41, 5.74) is 2.72. The summed E-state index contributed by atoms with van der Waals surface area (Å²) in [7, 11) is 0. The first kappa shape index (κ1) is 18.5. The Bertz CT molecular complexity index is 1160. The standard InChI is InChI=1S/C19H21N9O/c1-4-20-19(29)15-8-9-27-16(15)18(21-11-22-27)23-14-7-5-6-13(10-14)17-24-26-28(25-17)12(2)3/h5-12H,4H2,1-3H3,(H,20,29)(H,21,22,23). The average molecular weight is 391 g/mol. The van der Waals surface area contributed by atoms with Gasteiger partial charge in [-0.25, -0.2) is 9.50 Å².